The van der Waals surface area contributed by atoms with Crippen LogP contribution in [0.15, 0.2) is 28.9 Å². The highest BCUT2D eigenvalue weighted by Gasteiger charge is 2.14. The number of Topliss-reactive ketones (excluding diaryl/α,β-unsaturated/α-hetero) is 1. The number of hydrogen-bond donors (Lipinski definition) is 0. The number of nitrogens with zero attached hydrogens (tertiary/aromatic N) is 2. The van der Waals surface area contributed by atoms with Crippen molar-refractivity contribution in [1.82, 2.24) is 9.78 Å². The first-order valence-electron chi connectivity index (χ1n) is 5.58. The van der Waals surface area contributed by atoms with Gasteiger partial charge in [0.05, 0.1) is 15.7 Å². The number of ether oxygens (including phenoxy) is 1. The summed E-state index contributed by atoms with van der Waals surface area (Å²) in [5.74, 6) is -0.105. The summed E-state index contributed by atoms with van der Waals surface area (Å²) >= 11 is 3.18. The van der Waals surface area contributed by atoms with Crippen LogP contribution in [0.3, 0.4) is 0 Å². The van der Waals surface area contributed by atoms with E-state index >= 15 is 0 Å². The molecule has 0 amide bonds. The van der Waals surface area contributed by atoms with Gasteiger partial charge in [0.2, 0.25) is 5.78 Å². The van der Waals surface area contributed by atoms with Crippen molar-refractivity contribution >= 4 is 21.7 Å². The third kappa shape index (κ3) is 3.20. The highest BCUT2D eigenvalue weighted by Crippen LogP contribution is 2.25. The van der Waals surface area contributed by atoms with Gasteiger partial charge in [0.1, 0.15) is 11.6 Å². The smallest absolute Gasteiger partial charge is 0.203 e. The molecule has 1 heterocycles. The summed E-state index contributed by atoms with van der Waals surface area (Å²) in [6, 6.07) is 4.04. The molecule has 0 saturated carbocycles. The van der Waals surface area contributed by atoms with E-state index in [1.54, 1.807) is 24.9 Å². The van der Waals surface area contributed by atoms with Gasteiger partial charge < -0.3 is 4.74 Å². The Kier molecular flexibility index (Phi) is 3.99. The van der Waals surface area contributed by atoms with Crippen molar-refractivity contribution in [2.45, 2.75) is 6.92 Å². The number of hydrogen-bond acceptors (Lipinski definition) is 3. The fourth-order valence-electron chi connectivity index (χ4n) is 1.69. The van der Waals surface area contributed by atoms with E-state index in [0.29, 0.717) is 21.5 Å². The molecular weight excluding hydrogens is 315 g/mol. The number of ketones is 1. The quantitative estimate of drug-likeness (QED) is 0.811. The van der Waals surface area contributed by atoms with E-state index in [2.05, 4.69) is 21.0 Å². The Morgan fingerprint density at radius 1 is 1.53 bits per heavy atom. The van der Waals surface area contributed by atoms with Crippen LogP contribution >= 0.6 is 15.9 Å². The molecule has 0 unspecified atom stereocenters. The Bertz CT molecular complexity index is 625. The van der Waals surface area contributed by atoms with Crippen LogP contribution in [-0.4, -0.2) is 22.2 Å². The van der Waals surface area contributed by atoms with E-state index in [9.17, 15) is 9.18 Å². The number of aryl methyl sites for hydroxylation is 2. The van der Waals surface area contributed by atoms with Crippen molar-refractivity contribution < 1.29 is 13.9 Å². The summed E-state index contributed by atoms with van der Waals surface area (Å²) in [4.78, 5) is 12.0. The van der Waals surface area contributed by atoms with E-state index in [4.69, 9.17) is 4.74 Å². The summed E-state index contributed by atoms with van der Waals surface area (Å²) in [6.45, 7) is 1.65. The number of aromatic nitrogens is 2. The minimum Gasteiger partial charge on any atom is -0.484 e. The van der Waals surface area contributed by atoms with Crippen LogP contribution < -0.4 is 4.74 Å². The maximum Gasteiger partial charge on any atom is 0.203 e. The fourth-order valence-corrected chi connectivity index (χ4v) is 2.15. The highest BCUT2D eigenvalue weighted by atomic mass is 79.9. The Balaban J connectivity index is 2.06. The molecule has 0 N–H and O–H groups in total. The van der Waals surface area contributed by atoms with Crippen molar-refractivity contribution in [3.05, 3.63) is 45.9 Å². The molecule has 1 aromatic heterocycles. The maximum absolute atomic E-state index is 12.9. The SMILES string of the molecule is Cc1nn(C)cc1C(=O)COc1ccc(F)cc1Br. The third-order valence-corrected chi connectivity index (χ3v) is 3.19. The second-order valence-electron chi connectivity index (χ2n) is 4.09. The van der Waals surface area contributed by atoms with Crippen molar-refractivity contribution in [2.24, 2.45) is 7.05 Å². The first-order chi connectivity index (χ1) is 8.97. The van der Waals surface area contributed by atoms with Gasteiger partial charge in [0, 0.05) is 13.2 Å². The summed E-state index contributed by atoms with van der Waals surface area (Å²) < 4.78 is 20.3. The van der Waals surface area contributed by atoms with Crippen LogP contribution in [0.5, 0.6) is 5.75 Å². The first kappa shape index (κ1) is 13.7. The van der Waals surface area contributed by atoms with E-state index in [0.717, 1.165) is 0 Å². The van der Waals surface area contributed by atoms with Gasteiger partial charge in [-0.1, -0.05) is 0 Å². The average molecular weight is 327 g/mol. The number of rotatable bonds is 4. The van der Waals surface area contributed by atoms with Gasteiger partial charge in [0.25, 0.3) is 0 Å². The minimum atomic E-state index is -0.367. The van der Waals surface area contributed by atoms with E-state index < -0.39 is 0 Å². The lowest BCUT2D eigenvalue weighted by Crippen LogP contribution is -2.12. The van der Waals surface area contributed by atoms with Crippen molar-refractivity contribution in [2.75, 3.05) is 6.61 Å². The minimum absolute atomic E-state index is 0.114. The van der Waals surface area contributed by atoms with Gasteiger partial charge in [0.15, 0.2) is 6.61 Å². The second-order valence-corrected chi connectivity index (χ2v) is 4.94. The summed E-state index contributed by atoms with van der Waals surface area (Å²) in [6.07, 6.45) is 1.65. The zero-order valence-electron chi connectivity index (χ0n) is 10.5. The molecule has 19 heavy (non-hydrogen) atoms. The zero-order valence-corrected chi connectivity index (χ0v) is 12.1. The molecular formula is C13H12BrFN2O2. The molecule has 0 radical (unpaired) electrons. The molecule has 0 saturated heterocycles. The Morgan fingerprint density at radius 2 is 2.26 bits per heavy atom. The lowest BCUT2D eigenvalue weighted by molar-refractivity contribution is 0.0920. The topological polar surface area (TPSA) is 44.1 Å². The molecule has 0 spiro atoms. The standard InChI is InChI=1S/C13H12BrFN2O2/c1-8-10(6-17(2)16-8)12(18)7-19-13-4-3-9(15)5-11(13)14/h3-6H,7H2,1-2H3. The molecule has 1 aromatic carbocycles. The highest BCUT2D eigenvalue weighted by molar-refractivity contribution is 9.10. The number of halogens is 2. The number of benzene rings is 1. The van der Waals surface area contributed by atoms with Crippen molar-refractivity contribution in [1.29, 1.82) is 0 Å². The van der Waals surface area contributed by atoms with E-state index in [1.165, 1.54) is 18.2 Å². The molecule has 6 heteroatoms. The summed E-state index contributed by atoms with van der Waals surface area (Å²) in [5, 5.41) is 4.10. The van der Waals surface area contributed by atoms with E-state index in [1.807, 2.05) is 0 Å². The third-order valence-electron chi connectivity index (χ3n) is 2.57. The molecule has 0 aliphatic heterocycles. The van der Waals surface area contributed by atoms with Crippen molar-refractivity contribution in [3.63, 3.8) is 0 Å². The molecule has 0 atom stereocenters. The van der Waals surface area contributed by atoms with Crippen LogP contribution in [0.4, 0.5) is 4.39 Å². The predicted octanol–water partition coefficient (Wildman–Crippen LogP) is 2.89. The van der Waals surface area contributed by atoms with Crippen LogP contribution in [0.25, 0.3) is 0 Å². The summed E-state index contributed by atoms with van der Waals surface area (Å²) in [5.41, 5.74) is 1.19. The predicted molar refractivity (Wildman–Crippen MR) is 71.9 cm³/mol. The normalized spacial score (nSPS) is 10.5. The molecule has 0 aliphatic rings. The lowest BCUT2D eigenvalue weighted by Gasteiger charge is -2.07. The average Bonchev–Trinajstić information content (AvgIpc) is 2.67. The van der Waals surface area contributed by atoms with E-state index in [-0.39, 0.29) is 18.2 Å². The fraction of sp³-hybridized carbons (Fsp3) is 0.231. The zero-order chi connectivity index (χ0) is 14.0. The van der Waals surface area contributed by atoms with Crippen LogP contribution in [0.1, 0.15) is 16.1 Å². The van der Waals surface area contributed by atoms with Gasteiger partial charge in [-0.3, -0.25) is 9.48 Å². The monoisotopic (exact) mass is 326 g/mol. The molecule has 0 aliphatic carbocycles. The van der Waals surface area contributed by atoms with Gasteiger partial charge >= 0.3 is 0 Å². The first-order valence-corrected chi connectivity index (χ1v) is 6.38. The molecule has 100 valence electrons. The Labute approximate surface area is 118 Å². The molecule has 4 nitrogen and oxygen atoms in total. The Hall–Kier alpha value is -1.69. The Morgan fingerprint density at radius 3 is 2.84 bits per heavy atom. The molecule has 0 bridgehead atoms. The van der Waals surface area contributed by atoms with Gasteiger partial charge in [-0.2, -0.15) is 5.10 Å². The van der Waals surface area contributed by atoms with Gasteiger partial charge in [-0.25, -0.2) is 4.39 Å². The summed E-state index contributed by atoms with van der Waals surface area (Å²) in [7, 11) is 1.75. The maximum atomic E-state index is 12.9. The molecule has 2 aromatic rings. The number of carbonyl (C=O) groups is 1. The largest absolute Gasteiger partial charge is 0.484 e. The van der Waals surface area contributed by atoms with Gasteiger partial charge in [-0.15, -0.1) is 0 Å². The molecule has 0 fully saturated rings. The lowest BCUT2D eigenvalue weighted by atomic mass is 10.2. The molecule has 2 rings (SSSR count). The van der Waals surface area contributed by atoms with Crippen molar-refractivity contribution in [3.8, 4) is 5.75 Å². The van der Waals surface area contributed by atoms with Gasteiger partial charge in [-0.05, 0) is 41.1 Å². The van der Waals surface area contributed by atoms with Crippen LogP contribution in [-0.2, 0) is 7.05 Å². The number of carbonyl (C=O) groups excluding carboxylic acids is 1. The second kappa shape index (κ2) is 5.52. The van der Waals surface area contributed by atoms with Crippen LogP contribution in [0.2, 0.25) is 0 Å². The van der Waals surface area contributed by atoms with Crippen LogP contribution in [0, 0.1) is 12.7 Å².